The highest BCUT2D eigenvalue weighted by Gasteiger charge is 2.22. The summed E-state index contributed by atoms with van der Waals surface area (Å²) >= 11 is 5.91. The molecular formula is C16H17ClN4O. The molecule has 22 heavy (non-hydrogen) atoms. The lowest BCUT2D eigenvalue weighted by Gasteiger charge is -2.36. The number of hydrogen-bond donors (Lipinski definition) is 1. The Hall–Kier alpha value is -2.27. The van der Waals surface area contributed by atoms with Crippen molar-refractivity contribution in [1.29, 1.82) is 0 Å². The van der Waals surface area contributed by atoms with Gasteiger partial charge in [-0.3, -0.25) is 4.79 Å². The molecule has 1 saturated heterocycles. The van der Waals surface area contributed by atoms with Crippen LogP contribution in [0.1, 0.15) is 10.5 Å². The van der Waals surface area contributed by atoms with E-state index in [2.05, 4.69) is 9.88 Å². The number of nitrogens with zero attached hydrogens (tertiary/aromatic N) is 3. The fourth-order valence-corrected chi connectivity index (χ4v) is 2.64. The Morgan fingerprint density at radius 3 is 2.32 bits per heavy atom. The fraction of sp³-hybridized carbons (Fsp3) is 0.250. The molecule has 0 aliphatic carbocycles. The van der Waals surface area contributed by atoms with Crippen molar-refractivity contribution < 1.29 is 4.79 Å². The Kier molecular flexibility index (Phi) is 4.15. The van der Waals surface area contributed by atoms with Crippen LogP contribution in [0, 0.1) is 0 Å². The van der Waals surface area contributed by atoms with E-state index in [1.54, 1.807) is 12.1 Å². The van der Waals surface area contributed by atoms with E-state index in [4.69, 9.17) is 17.3 Å². The Morgan fingerprint density at radius 1 is 1.05 bits per heavy atom. The van der Waals surface area contributed by atoms with Crippen LogP contribution < -0.4 is 10.6 Å². The molecule has 6 heteroatoms. The summed E-state index contributed by atoms with van der Waals surface area (Å²) in [5, 5.41) is 0.729. The Bertz CT molecular complexity index is 649. The van der Waals surface area contributed by atoms with E-state index in [9.17, 15) is 4.79 Å². The van der Waals surface area contributed by atoms with Crippen molar-refractivity contribution in [3.05, 3.63) is 53.3 Å². The number of piperazine rings is 1. The predicted molar refractivity (Wildman–Crippen MR) is 88.2 cm³/mol. The maximum absolute atomic E-state index is 12.4. The minimum Gasteiger partial charge on any atom is -0.397 e. The van der Waals surface area contributed by atoms with Gasteiger partial charge in [0.1, 0.15) is 5.69 Å². The first-order valence-corrected chi connectivity index (χ1v) is 7.52. The second kappa shape index (κ2) is 6.23. The maximum atomic E-state index is 12.4. The highest BCUT2D eigenvalue weighted by molar-refractivity contribution is 6.30. The first-order chi connectivity index (χ1) is 10.6. The number of anilines is 2. The van der Waals surface area contributed by atoms with E-state index in [0.29, 0.717) is 24.5 Å². The lowest BCUT2D eigenvalue weighted by Crippen LogP contribution is -2.49. The highest BCUT2D eigenvalue weighted by atomic mass is 35.5. The smallest absolute Gasteiger partial charge is 0.272 e. The predicted octanol–water partition coefficient (Wildman–Crippen LogP) is 2.28. The average molecular weight is 317 g/mol. The molecule has 2 heterocycles. The van der Waals surface area contributed by atoms with Gasteiger partial charge in [0.2, 0.25) is 0 Å². The molecule has 114 valence electrons. The van der Waals surface area contributed by atoms with Crippen molar-refractivity contribution in [2.45, 2.75) is 0 Å². The summed E-state index contributed by atoms with van der Waals surface area (Å²) in [4.78, 5) is 20.6. The fourth-order valence-electron chi connectivity index (χ4n) is 2.51. The molecule has 0 spiro atoms. The van der Waals surface area contributed by atoms with Gasteiger partial charge in [0.05, 0.1) is 11.9 Å². The largest absolute Gasteiger partial charge is 0.397 e. The van der Waals surface area contributed by atoms with Crippen LogP contribution in [0.25, 0.3) is 0 Å². The molecule has 0 radical (unpaired) electrons. The molecule has 1 aromatic heterocycles. The second-order valence-corrected chi connectivity index (χ2v) is 5.67. The minimum absolute atomic E-state index is 0.0456. The number of benzene rings is 1. The van der Waals surface area contributed by atoms with Gasteiger partial charge in [0, 0.05) is 36.9 Å². The van der Waals surface area contributed by atoms with Crippen LogP contribution >= 0.6 is 11.6 Å². The number of rotatable bonds is 2. The van der Waals surface area contributed by atoms with Crippen LogP contribution in [-0.4, -0.2) is 42.0 Å². The number of hydrogen-bond acceptors (Lipinski definition) is 4. The van der Waals surface area contributed by atoms with Crippen molar-refractivity contribution in [3.63, 3.8) is 0 Å². The Labute approximate surface area is 134 Å². The zero-order valence-corrected chi connectivity index (χ0v) is 12.8. The molecule has 3 rings (SSSR count). The van der Waals surface area contributed by atoms with Crippen LogP contribution in [0.2, 0.25) is 5.02 Å². The number of nitrogen functional groups attached to an aromatic ring is 1. The molecule has 1 fully saturated rings. The van der Waals surface area contributed by atoms with Crippen molar-refractivity contribution in [2.75, 3.05) is 36.8 Å². The molecule has 1 amide bonds. The molecular weight excluding hydrogens is 300 g/mol. The number of carbonyl (C=O) groups is 1. The first kappa shape index (κ1) is 14.7. The maximum Gasteiger partial charge on any atom is 0.272 e. The lowest BCUT2D eigenvalue weighted by atomic mass is 10.2. The van der Waals surface area contributed by atoms with Crippen LogP contribution in [0.5, 0.6) is 0 Å². The number of nitrogens with two attached hydrogens (primary N) is 1. The molecule has 1 aromatic carbocycles. The third-order valence-electron chi connectivity index (χ3n) is 3.76. The van der Waals surface area contributed by atoms with Gasteiger partial charge in [-0.2, -0.15) is 0 Å². The molecule has 2 N–H and O–H groups in total. The molecule has 1 aliphatic heterocycles. The molecule has 0 bridgehead atoms. The van der Waals surface area contributed by atoms with Gasteiger partial charge in [-0.1, -0.05) is 11.6 Å². The normalized spacial score (nSPS) is 15.0. The first-order valence-electron chi connectivity index (χ1n) is 7.15. The van der Waals surface area contributed by atoms with Crippen LogP contribution in [0.3, 0.4) is 0 Å². The van der Waals surface area contributed by atoms with E-state index in [0.717, 1.165) is 23.8 Å². The number of carbonyl (C=O) groups excluding carboxylic acids is 1. The van der Waals surface area contributed by atoms with E-state index >= 15 is 0 Å². The second-order valence-electron chi connectivity index (χ2n) is 5.23. The Balaban J connectivity index is 1.62. The van der Waals surface area contributed by atoms with Gasteiger partial charge in [0.15, 0.2) is 0 Å². The highest BCUT2D eigenvalue weighted by Crippen LogP contribution is 2.20. The average Bonchev–Trinajstić information content (AvgIpc) is 2.56. The van der Waals surface area contributed by atoms with E-state index in [1.807, 2.05) is 29.2 Å². The van der Waals surface area contributed by atoms with E-state index < -0.39 is 0 Å². The summed E-state index contributed by atoms with van der Waals surface area (Å²) in [6.45, 7) is 2.94. The third-order valence-corrected chi connectivity index (χ3v) is 4.02. The van der Waals surface area contributed by atoms with Crippen molar-refractivity contribution >= 4 is 28.9 Å². The number of halogens is 1. The third kappa shape index (κ3) is 3.14. The Morgan fingerprint density at radius 2 is 1.73 bits per heavy atom. The van der Waals surface area contributed by atoms with Gasteiger partial charge in [0.25, 0.3) is 5.91 Å². The molecule has 2 aromatic rings. The van der Waals surface area contributed by atoms with Gasteiger partial charge in [-0.05, 0) is 36.4 Å². The standard InChI is InChI=1S/C16H17ClN4O/c17-12-1-4-14(5-2-12)20-7-9-21(10-8-20)16(22)15-6-3-13(18)11-19-15/h1-6,11H,7-10,18H2. The summed E-state index contributed by atoms with van der Waals surface area (Å²) < 4.78 is 0. The van der Waals surface area contributed by atoms with Gasteiger partial charge >= 0.3 is 0 Å². The van der Waals surface area contributed by atoms with E-state index in [1.165, 1.54) is 6.20 Å². The van der Waals surface area contributed by atoms with E-state index in [-0.39, 0.29) is 5.91 Å². The molecule has 0 saturated carbocycles. The molecule has 0 unspecified atom stereocenters. The van der Waals surface area contributed by atoms with Crippen LogP contribution in [0.4, 0.5) is 11.4 Å². The summed E-state index contributed by atoms with van der Waals surface area (Å²) in [5.74, 6) is -0.0456. The van der Waals surface area contributed by atoms with Crippen LogP contribution in [0.15, 0.2) is 42.6 Å². The van der Waals surface area contributed by atoms with Crippen LogP contribution in [-0.2, 0) is 0 Å². The topological polar surface area (TPSA) is 62.5 Å². The SMILES string of the molecule is Nc1ccc(C(=O)N2CCN(c3ccc(Cl)cc3)CC2)nc1. The lowest BCUT2D eigenvalue weighted by molar-refractivity contribution is 0.0741. The molecule has 5 nitrogen and oxygen atoms in total. The van der Waals surface area contributed by atoms with Gasteiger partial charge in [-0.15, -0.1) is 0 Å². The van der Waals surface area contributed by atoms with Crippen molar-refractivity contribution in [1.82, 2.24) is 9.88 Å². The summed E-state index contributed by atoms with van der Waals surface area (Å²) in [7, 11) is 0. The summed E-state index contributed by atoms with van der Waals surface area (Å²) in [5.41, 5.74) is 7.72. The van der Waals surface area contributed by atoms with Crippen molar-refractivity contribution in [3.8, 4) is 0 Å². The zero-order chi connectivity index (χ0) is 15.5. The summed E-state index contributed by atoms with van der Waals surface area (Å²) in [6.07, 6.45) is 1.51. The number of pyridine rings is 1. The monoisotopic (exact) mass is 316 g/mol. The number of aromatic nitrogens is 1. The number of amides is 1. The van der Waals surface area contributed by atoms with Gasteiger partial charge < -0.3 is 15.5 Å². The van der Waals surface area contributed by atoms with Gasteiger partial charge in [-0.25, -0.2) is 4.98 Å². The zero-order valence-electron chi connectivity index (χ0n) is 12.1. The molecule has 0 atom stereocenters. The molecule has 1 aliphatic rings. The minimum atomic E-state index is -0.0456. The quantitative estimate of drug-likeness (QED) is 0.923. The summed E-state index contributed by atoms with van der Waals surface area (Å²) in [6, 6.07) is 11.1. The van der Waals surface area contributed by atoms with Crippen molar-refractivity contribution in [2.24, 2.45) is 0 Å².